The Morgan fingerprint density at radius 1 is 0.305 bits per heavy atom. The molecular weight excluding hydrogens is 715 g/mol. The van der Waals surface area contributed by atoms with E-state index in [-0.39, 0.29) is 0 Å². The SMILES string of the molecule is C(=Cc1ccc2c3c1ccc1cccc(c13)n2-c1ccccc1)c1ccc(N(c2ccccc2)c2ccc(-n3c4ccccc4c4ccccc43)cc2)c2ccccc12. The predicted molar refractivity (Wildman–Crippen MR) is 251 cm³/mol. The molecule has 10 aromatic carbocycles. The Labute approximate surface area is 341 Å². The molecule has 12 rings (SSSR count). The molecule has 276 valence electrons. The number of aromatic nitrogens is 2. The molecule has 59 heavy (non-hydrogen) atoms. The third-order valence-electron chi connectivity index (χ3n) is 12.1. The van der Waals surface area contributed by atoms with Crippen LogP contribution >= 0.6 is 0 Å². The van der Waals surface area contributed by atoms with Crippen molar-refractivity contribution in [2.75, 3.05) is 4.90 Å². The third-order valence-corrected chi connectivity index (χ3v) is 12.1. The minimum absolute atomic E-state index is 1.10. The zero-order valence-electron chi connectivity index (χ0n) is 32.2. The monoisotopic (exact) mass is 751 g/mol. The number of hydrogen-bond acceptors (Lipinski definition) is 1. The molecule has 3 heteroatoms. The van der Waals surface area contributed by atoms with Crippen LogP contribution in [0, 0.1) is 0 Å². The van der Waals surface area contributed by atoms with Crippen LogP contribution < -0.4 is 4.90 Å². The second kappa shape index (κ2) is 13.4. The van der Waals surface area contributed by atoms with Crippen LogP contribution in [0.2, 0.25) is 0 Å². The zero-order valence-corrected chi connectivity index (χ0v) is 32.2. The summed E-state index contributed by atoms with van der Waals surface area (Å²) in [6.07, 6.45) is 4.58. The fraction of sp³-hybridized carbons (Fsp3) is 0. The number of anilines is 3. The molecule has 0 aliphatic carbocycles. The van der Waals surface area contributed by atoms with Crippen molar-refractivity contribution in [2.24, 2.45) is 0 Å². The van der Waals surface area contributed by atoms with Gasteiger partial charge >= 0.3 is 0 Å². The standard InChI is InChI=1S/C56H37N3/c1-3-15-41(16-4-1)57(43-31-33-44(34-32-43)58-50-23-11-9-21-48(50)49-22-10-12-24-51(49)58)52-36-29-38(45-19-7-8-20-47(45)52)26-27-39-30-37-54-56-46(39)35-28-40-14-13-25-53(55(40)56)59(54)42-17-5-2-6-18-42/h1-37H. The molecule has 0 saturated carbocycles. The molecule has 0 saturated heterocycles. The molecule has 0 spiro atoms. The lowest BCUT2D eigenvalue weighted by Gasteiger charge is -2.27. The highest BCUT2D eigenvalue weighted by molar-refractivity contribution is 6.25. The van der Waals surface area contributed by atoms with Crippen LogP contribution in [0.1, 0.15) is 11.1 Å². The molecule has 0 radical (unpaired) electrons. The van der Waals surface area contributed by atoms with Crippen LogP contribution in [0.3, 0.4) is 0 Å². The number of nitrogens with zero attached hydrogens (tertiary/aromatic N) is 3. The summed E-state index contributed by atoms with van der Waals surface area (Å²) in [5.41, 5.74) is 12.9. The molecule has 12 aromatic rings. The zero-order chi connectivity index (χ0) is 38.9. The molecule has 0 bridgehead atoms. The van der Waals surface area contributed by atoms with E-state index in [0.717, 1.165) is 22.7 Å². The van der Waals surface area contributed by atoms with Crippen molar-refractivity contribution >= 4 is 94.4 Å². The Morgan fingerprint density at radius 2 is 0.831 bits per heavy atom. The second-order valence-electron chi connectivity index (χ2n) is 15.3. The fourth-order valence-electron chi connectivity index (χ4n) is 9.49. The van der Waals surface area contributed by atoms with Gasteiger partial charge in [-0.1, -0.05) is 146 Å². The van der Waals surface area contributed by atoms with Gasteiger partial charge in [-0.25, -0.2) is 0 Å². The summed E-state index contributed by atoms with van der Waals surface area (Å²) in [5, 5.41) is 10.1. The summed E-state index contributed by atoms with van der Waals surface area (Å²) in [5.74, 6) is 0. The second-order valence-corrected chi connectivity index (χ2v) is 15.3. The fourth-order valence-corrected chi connectivity index (χ4v) is 9.49. The molecule has 2 aromatic heterocycles. The molecule has 3 nitrogen and oxygen atoms in total. The minimum atomic E-state index is 1.10. The number of rotatable bonds is 7. The van der Waals surface area contributed by atoms with Gasteiger partial charge in [0.05, 0.1) is 27.8 Å². The van der Waals surface area contributed by atoms with E-state index in [2.05, 4.69) is 239 Å². The highest BCUT2D eigenvalue weighted by Gasteiger charge is 2.20. The lowest BCUT2D eigenvalue weighted by molar-refractivity contribution is 1.17. The van der Waals surface area contributed by atoms with Gasteiger partial charge in [0.1, 0.15) is 0 Å². The predicted octanol–water partition coefficient (Wildman–Crippen LogP) is 15.3. The molecule has 0 fully saturated rings. The van der Waals surface area contributed by atoms with E-state index in [0.29, 0.717) is 0 Å². The van der Waals surface area contributed by atoms with Gasteiger partial charge < -0.3 is 14.0 Å². The van der Waals surface area contributed by atoms with Crippen LogP contribution in [-0.2, 0) is 0 Å². The molecular formula is C56H37N3. The van der Waals surface area contributed by atoms with E-state index < -0.39 is 0 Å². The molecule has 0 aliphatic rings. The third kappa shape index (κ3) is 5.22. The molecule has 0 atom stereocenters. The smallest absolute Gasteiger partial charge is 0.0547 e. The molecule has 2 heterocycles. The molecule has 0 unspecified atom stereocenters. The van der Waals surface area contributed by atoms with Crippen molar-refractivity contribution in [2.45, 2.75) is 0 Å². The Kier molecular flexibility index (Phi) is 7.54. The van der Waals surface area contributed by atoms with E-state index in [1.807, 2.05) is 0 Å². The van der Waals surface area contributed by atoms with Gasteiger partial charge in [0.25, 0.3) is 0 Å². The Bertz CT molecular complexity index is 3480. The summed E-state index contributed by atoms with van der Waals surface area (Å²) in [7, 11) is 0. The van der Waals surface area contributed by atoms with Crippen molar-refractivity contribution in [3.63, 3.8) is 0 Å². The number of hydrogen-bond donors (Lipinski definition) is 0. The maximum atomic E-state index is 2.40. The summed E-state index contributed by atoms with van der Waals surface area (Å²) < 4.78 is 4.78. The number of fused-ring (bicyclic) bond motifs is 4. The largest absolute Gasteiger partial charge is 0.310 e. The van der Waals surface area contributed by atoms with Crippen LogP contribution in [0.5, 0.6) is 0 Å². The van der Waals surface area contributed by atoms with Gasteiger partial charge in [-0.2, -0.15) is 0 Å². The topological polar surface area (TPSA) is 13.1 Å². The van der Waals surface area contributed by atoms with Crippen molar-refractivity contribution in [1.29, 1.82) is 0 Å². The lowest BCUT2D eigenvalue weighted by atomic mass is 9.97. The Hall–Kier alpha value is -7.88. The highest BCUT2D eigenvalue weighted by atomic mass is 15.1. The summed E-state index contributed by atoms with van der Waals surface area (Å²) >= 11 is 0. The van der Waals surface area contributed by atoms with Crippen LogP contribution in [0.25, 0.3) is 88.7 Å². The first kappa shape index (κ1) is 33.3. The summed E-state index contributed by atoms with van der Waals surface area (Å²) in [4.78, 5) is 2.38. The Balaban J connectivity index is 0.965. The van der Waals surface area contributed by atoms with Gasteiger partial charge in [-0.3, -0.25) is 0 Å². The van der Waals surface area contributed by atoms with Gasteiger partial charge in [0, 0.05) is 49.7 Å². The quantitative estimate of drug-likeness (QED) is 0.117. The van der Waals surface area contributed by atoms with Gasteiger partial charge in [-0.15, -0.1) is 0 Å². The maximum Gasteiger partial charge on any atom is 0.0547 e. The first-order chi connectivity index (χ1) is 29.3. The van der Waals surface area contributed by atoms with E-state index in [1.165, 1.54) is 82.0 Å². The normalized spacial score (nSPS) is 12.0. The van der Waals surface area contributed by atoms with Crippen molar-refractivity contribution in [1.82, 2.24) is 9.13 Å². The minimum Gasteiger partial charge on any atom is -0.310 e. The van der Waals surface area contributed by atoms with Crippen LogP contribution in [0.15, 0.2) is 212 Å². The van der Waals surface area contributed by atoms with Gasteiger partial charge in [-0.05, 0) is 106 Å². The van der Waals surface area contributed by atoms with E-state index >= 15 is 0 Å². The van der Waals surface area contributed by atoms with E-state index in [1.54, 1.807) is 0 Å². The summed E-state index contributed by atoms with van der Waals surface area (Å²) in [6, 6.07) is 76.9. The van der Waals surface area contributed by atoms with Crippen molar-refractivity contribution in [3.05, 3.63) is 223 Å². The average Bonchev–Trinajstić information content (AvgIpc) is 3.83. The molecule has 0 N–H and O–H groups in total. The lowest BCUT2D eigenvalue weighted by Crippen LogP contribution is -2.10. The summed E-state index contributed by atoms with van der Waals surface area (Å²) in [6.45, 7) is 0. The van der Waals surface area contributed by atoms with Crippen LogP contribution in [-0.4, -0.2) is 9.13 Å². The first-order valence-corrected chi connectivity index (χ1v) is 20.3. The van der Waals surface area contributed by atoms with E-state index in [9.17, 15) is 0 Å². The van der Waals surface area contributed by atoms with E-state index in [4.69, 9.17) is 0 Å². The van der Waals surface area contributed by atoms with Crippen molar-refractivity contribution < 1.29 is 0 Å². The number of para-hydroxylation sites is 4. The maximum absolute atomic E-state index is 2.40. The number of benzene rings is 10. The van der Waals surface area contributed by atoms with Crippen LogP contribution in [0.4, 0.5) is 17.1 Å². The first-order valence-electron chi connectivity index (χ1n) is 20.3. The van der Waals surface area contributed by atoms with Gasteiger partial charge in [0.2, 0.25) is 0 Å². The average molecular weight is 752 g/mol. The van der Waals surface area contributed by atoms with Crippen molar-refractivity contribution in [3.8, 4) is 11.4 Å². The highest BCUT2D eigenvalue weighted by Crippen LogP contribution is 2.43. The molecule has 0 amide bonds. The Morgan fingerprint density at radius 3 is 1.56 bits per heavy atom. The van der Waals surface area contributed by atoms with Gasteiger partial charge in [0.15, 0.2) is 0 Å². The molecule has 0 aliphatic heterocycles.